The van der Waals surface area contributed by atoms with E-state index in [1.165, 1.54) is 0 Å². The number of carbonyl (C=O) groups is 1. The lowest BCUT2D eigenvalue weighted by Gasteiger charge is -2.14. The van der Waals surface area contributed by atoms with Gasteiger partial charge in [0.25, 0.3) is 0 Å². The molecule has 3 heteroatoms. The second-order valence-corrected chi connectivity index (χ2v) is 5.37. The molecule has 1 N–H and O–H groups in total. The summed E-state index contributed by atoms with van der Waals surface area (Å²) >= 11 is 0. The summed E-state index contributed by atoms with van der Waals surface area (Å²) in [5.41, 5.74) is 2.07. The maximum atomic E-state index is 11.4. The number of benzene rings is 1. The first-order chi connectivity index (χ1) is 9.16. The van der Waals surface area contributed by atoms with Crippen molar-refractivity contribution in [3.63, 3.8) is 0 Å². The molecule has 0 radical (unpaired) electrons. The molecular formula is C16H22O3. The van der Waals surface area contributed by atoms with Crippen LogP contribution in [0.1, 0.15) is 49.1 Å². The summed E-state index contributed by atoms with van der Waals surface area (Å²) in [5.74, 6) is -1.11. The van der Waals surface area contributed by atoms with E-state index >= 15 is 0 Å². The lowest BCUT2D eigenvalue weighted by atomic mass is 9.92. The summed E-state index contributed by atoms with van der Waals surface area (Å²) in [4.78, 5) is 11.4. The SMILES string of the molecule is Cc1ccc(C(CCCC2CCCO2)C(=O)O)cc1. The fourth-order valence-corrected chi connectivity index (χ4v) is 2.65. The summed E-state index contributed by atoms with van der Waals surface area (Å²) in [6, 6.07) is 7.82. The van der Waals surface area contributed by atoms with E-state index in [4.69, 9.17) is 4.74 Å². The van der Waals surface area contributed by atoms with Gasteiger partial charge in [-0.3, -0.25) is 4.79 Å². The normalized spacial score (nSPS) is 20.4. The Balaban J connectivity index is 1.88. The monoisotopic (exact) mass is 262 g/mol. The van der Waals surface area contributed by atoms with Crippen molar-refractivity contribution in [2.24, 2.45) is 0 Å². The van der Waals surface area contributed by atoms with Gasteiger partial charge in [0.15, 0.2) is 0 Å². The van der Waals surface area contributed by atoms with Crippen molar-refractivity contribution in [3.05, 3.63) is 35.4 Å². The second-order valence-electron chi connectivity index (χ2n) is 5.37. The van der Waals surface area contributed by atoms with Gasteiger partial charge in [-0.2, -0.15) is 0 Å². The molecule has 0 aromatic heterocycles. The Morgan fingerprint density at radius 3 is 2.74 bits per heavy atom. The van der Waals surface area contributed by atoms with Crippen molar-refractivity contribution in [2.45, 2.75) is 51.0 Å². The number of rotatable bonds is 6. The van der Waals surface area contributed by atoms with E-state index in [1.807, 2.05) is 31.2 Å². The molecule has 2 unspecified atom stereocenters. The van der Waals surface area contributed by atoms with E-state index < -0.39 is 5.97 Å². The molecule has 1 aromatic carbocycles. The van der Waals surface area contributed by atoms with Gasteiger partial charge in [-0.1, -0.05) is 29.8 Å². The van der Waals surface area contributed by atoms with Crippen molar-refractivity contribution in [1.29, 1.82) is 0 Å². The van der Waals surface area contributed by atoms with E-state index in [9.17, 15) is 9.90 Å². The highest BCUT2D eigenvalue weighted by atomic mass is 16.5. The molecule has 0 amide bonds. The van der Waals surface area contributed by atoms with Gasteiger partial charge in [-0.15, -0.1) is 0 Å². The van der Waals surface area contributed by atoms with Crippen LogP contribution < -0.4 is 0 Å². The van der Waals surface area contributed by atoms with E-state index in [-0.39, 0.29) is 5.92 Å². The van der Waals surface area contributed by atoms with Crippen LogP contribution in [0.3, 0.4) is 0 Å². The lowest BCUT2D eigenvalue weighted by Crippen LogP contribution is -2.13. The van der Waals surface area contributed by atoms with Crippen molar-refractivity contribution >= 4 is 5.97 Å². The van der Waals surface area contributed by atoms with E-state index in [0.29, 0.717) is 12.5 Å². The number of aliphatic carboxylic acids is 1. The second kappa shape index (κ2) is 6.71. The predicted molar refractivity (Wildman–Crippen MR) is 74.4 cm³/mol. The summed E-state index contributed by atoms with van der Waals surface area (Å²) in [5, 5.41) is 9.36. The molecule has 1 saturated heterocycles. The van der Waals surface area contributed by atoms with Crippen LogP contribution in [0, 0.1) is 6.92 Å². The molecule has 0 spiro atoms. The maximum Gasteiger partial charge on any atom is 0.310 e. The zero-order valence-corrected chi connectivity index (χ0v) is 11.5. The molecule has 1 heterocycles. The van der Waals surface area contributed by atoms with Crippen LogP contribution in [0.5, 0.6) is 0 Å². The largest absolute Gasteiger partial charge is 0.481 e. The summed E-state index contributed by atoms with van der Waals surface area (Å²) < 4.78 is 5.57. The highest BCUT2D eigenvalue weighted by Gasteiger charge is 2.21. The van der Waals surface area contributed by atoms with Crippen molar-refractivity contribution in [2.75, 3.05) is 6.61 Å². The quantitative estimate of drug-likeness (QED) is 0.853. The Labute approximate surface area is 114 Å². The first-order valence-electron chi connectivity index (χ1n) is 7.08. The number of hydrogen-bond donors (Lipinski definition) is 1. The van der Waals surface area contributed by atoms with Crippen LogP contribution >= 0.6 is 0 Å². The van der Waals surface area contributed by atoms with E-state index in [1.54, 1.807) is 0 Å². The van der Waals surface area contributed by atoms with Gasteiger partial charge in [0.1, 0.15) is 0 Å². The molecule has 1 aromatic rings. The average Bonchev–Trinajstić information content (AvgIpc) is 2.89. The summed E-state index contributed by atoms with van der Waals surface area (Å²) in [6.45, 7) is 2.88. The zero-order valence-electron chi connectivity index (χ0n) is 11.5. The molecular weight excluding hydrogens is 240 g/mol. The molecule has 1 aliphatic rings. The minimum atomic E-state index is -0.726. The molecule has 104 valence electrons. The molecule has 19 heavy (non-hydrogen) atoms. The Kier molecular flexibility index (Phi) is 4.97. The molecule has 1 aliphatic heterocycles. The van der Waals surface area contributed by atoms with E-state index in [2.05, 4.69) is 0 Å². The standard InChI is InChI=1S/C16H22O3/c1-12-7-9-13(10-8-12)15(16(17)18)6-2-4-14-5-3-11-19-14/h7-10,14-15H,2-6,11H2,1H3,(H,17,18). The number of hydrogen-bond acceptors (Lipinski definition) is 2. The van der Waals surface area contributed by atoms with Gasteiger partial charge in [0, 0.05) is 6.61 Å². The Hall–Kier alpha value is -1.35. The van der Waals surface area contributed by atoms with Gasteiger partial charge in [-0.25, -0.2) is 0 Å². The number of carboxylic acids is 1. The van der Waals surface area contributed by atoms with Gasteiger partial charge >= 0.3 is 5.97 Å². The third-order valence-corrected chi connectivity index (χ3v) is 3.82. The van der Waals surface area contributed by atoms with Crippen LogP contribution in [-0.4, -0.2) is 23.8 Å². The minimum Gasteiger partial charge on any atom is -0.481 e. The zero-order chi connectivity index (χ0) is 13.7. The van der Waals surface area contributed by atoms with Gasteiger partial charge < -0.3 is 9.84 Å². The van der Waals surface area contributed by atoms with Gasteiger partial charge in [0.2, 0.25) is 0 Å². The Morgan fingerprint density at radius 1 is 1.42 bits per heavy atom. The van der Waals surface area contributed by atoms with Gasteiger partial charge in [0.05, 0.1) is 12.0 Å². The molecule has 0 aliphatic carbocycles. The fraction of sp³-hybridized carbons (Fsp3) is 0.562. The highest BCUT2D eigenvalue weighted by molar-refractivity contribution is 5.76. The topological polar surface area (TPSA) is 46.5 Å². The molecule has 2 rings (SSSR count). The van der Waals surface area contributed by atoms with E-state index in [0.717, 1.165) is 43.4 Å². The van der Waals surface area contributed by atoms with Crippen molar-refractivity contribution in [1.82, 2.24) is 0 Å². The molecule has 0 saturated carbocycles. The first-order valence-corrected chi connectivity index (χ1v) is 7.08. The van der Waals surface area contributed by atoms with Gasteiger partial charge in [-0.05, 0) is 44.6 Å². The van der Waals surface area contributed by atoms with Crippen LogP contribution in [0.2, 0.25) is 0 Å². The number of carboxylic acid groups (broad SMARTS) is 1. The third kappa shape index (κ3) is 4.06. The maximum absolute atomic E-state index is 11.4. The predicted octanol–water partition coefficient (Wildman–Crippen LogP) is 3.51. The van der Waals surface area contributed by atoms with Crippen LogP contribution in [0.25, 0.3) is 0 Å². The van der Waals surface area contributed by atoms with Crippen molar-refractivity contribution in [3.8, 4) is 0 Å². The number of ether oxygens (including phenoxy) is 1. The third-order valence-electron chi connectivity index (χ3n) is 3.82. The van der Waals surface area contributed by atoms with Crippen LogP contribution in [0.15, 0.2) is 24.3 Å². The van der Waals surface area contributed by atoms with Crippen LogP contribution in [-0.2, 0) is 9.53 Å². The first kappa shape index (κ1) is 14.1. The average molecular weight is 262 g/mol. The van der Waals surface area contributed by atoms with Crippen molar-refractivity contribution < 1.29 is 14.6 Å². The number of aryl methyl sites for hydroxylation is 1. The lowest BCUT2D eigenvalue weighted by molar-refractivity contribution is -0.139. The molecule has 3 nitrogen and oxygen atoms in total. The molecule has 0 bridgehead atoms. The Morgan fingerprint density at radius 2 is 2.16 bits per heavy atom. The molecule has 2 atom stereocenters. The highest BCUT2D eigenvalue weighted by Crippen LogP contribution is 2.25. The Bertz CT molecular complexity index is 405. The van der Waals surface area contributed by atoms with Crippen LogP contribution in [0.4, 0.5) is 0 Å². The summed E-state index contributed by atoms with van der Waals surface area (Å²) in [7, 11) is 0. The summed E-state index contributed by atoms with van der Waals surface area (Å²) in [6.07, 6.45) is 5.21. The smallest absolute Gasteiger partial charge is 0.310 e. The molecule has 1 fully saturated rings. The fourth-order valence-electron chi connectivity index (χ4n) is 2.65. The minimum absolute atomic E-state index is 0.354.